The fourth-order valence-corrected chi connectivity index (χ4v) is 2.06. The Kier molecular flexibility index (Phi) is 5.26. The van der Waals surface area contributed by atoms with Gasteiger partial charge in [0.05, 0.1) is 5.25 Å². The minimum absolute atomic E-state index is 0.0187. The van der Waals surface area contributed by atoms with Gasteiger partial charge in [-0.1, -0.05) is 30.3 Å². The van der Waals surface area contributed by atoms with Gasteiger partial charge in [0.15, 0.2) is 0 Å². The zero-order valence-corrected chi connectivity index (χ0v) is 10.0. The predicted molar refractivity (Wildman–Crippen MR) is 65.9 cm³/mol. The number of carbonyl (C=O) groups is 1. The molecular weight excluding hydrogens is 206 g/mol. The largest absolute Gasteiger partial charge is 0.355 e. The molecule has 0 aliphatic rings. The lowest BCUT2D eigenvalue weighted by molar-refractivity contribution is -0.120. The van der Waals surface area contributed by atoms with Crippen molar-refractivity contribution in [3.63, 3.8) is 0 Å². The molecule has 1 rings (SSSR count). The van der Waals surface area contributed by atoms with Crippen LogP contribution in [0.15, 0.2) is 30.3 Å². The van der Waals surface area contributed by atoms with E-state index in [1.54, 1.807) is 11.8 Å². The van der Waals surface area contributed by atoms with Gasteiger partial charge in [-0.3, -0.25) is 4.79 Å². The standard InChI is InChI=1S/C12H17NOS/c1-3-13-12(14)10(2)15-9-11-7-5-4-6-8-11/h4-8,10H,3,9H2,1-2H3,(H,13,14). The number of hydrogen-bond acceptors (Lipinski definition) is 2. The second kappa shape index (κ2) is 6.51. The van der Waals surface area contributed by atoms with Crippen molar-refractivity contribution in [2.45, 2.75) is 24.9 Å². The number of carbonyl (C=O) groups excluding carboxylic acids is 1. The first-order chi connectivity index (χ1) is 7.24. The van der Waals surface area contributed by atoms with Crippen LogP contribution in [0, 0.1) is 0 Å². The lowest BCUT2D eigenvalue weighted by Crippen LogP contribution is -2.30. The molecule has 0 aliphatic heterocycles. The Balaban J connectivity index is 2.34. The highest BCUT2D eigenvalue weighted by Crippen LogP contribution is 2.17. The number of benzene rings is 1. The number of nitrogens with one attached hydrogen (secondary N) is 1. The SMILES string of the molecule is CCNC(=O)C(C)SCc1ccccc1. The second-order valence-electron chi connectivity index (χ2n) is 3.33. The van der Waals surface area contributed by atoms with Crippen LogP contribution in [0.3, 0.4) is 0 Å². The van der Waals surface area contributed by atoms with E-state index in [-0.39, 0.29) is 11.2 Å². The zero-order chi connectivity index (χ0) is 11.1. The third-order valence-corrected chi connectivity index (χ3v) is 3.28. The highest BCUT2D eigenvalue weighted by molar-refractivity contribution is 7.99. The van der Waals surface area contributed by atoms with Gasteiger partial charge >= 0.3 is 0 Å². The number of rotatable bonds is 5. The van der Waals surface area contributed by atoms with Crippen LogP contribution in [0.5, 0.6) is 0 Å². The van der Waals surface area contributed by atoms with Gasteiger partial charge in [-0.25, -0.2) is 0 Å². The number of hydrogen-bond donors (Lipinski definition) is 1. The van der Waals surface area contributed by atoms with Gasteiger partial charge in [-0.05, 0) is 19.4 Å². The van der Waals surface area contributed by atoms with Gasteiger partial charge < -0.3 is 5.32 Å². The highest BCUT2D eigenvalue weighted by atomic mass is 32.2. The Bertz CT molecular complexity index is 300. The summed E-state index contributed by atoms with van der Waals surface area (Å²) in [6.07, 6.45) is 0. The average molecular weight is 223 g/mol. The third-order valence-electron chi connectivity index (χ3n) is 2.06. The van der Waals surface area contributed by atoms with Crippen molar-refractivity contribution in [1.29, 1.82) is 0 Å². The molecule has 82 valence electrons. The molecular formula is C12H17NOS. The lowest BCUT2D eigenvalue weighted by atomic mass is 10.2. The molecule has 0 fully saturated rings. The van der Waals surface area contributed by atoms with E-state index in [2.05, 4.69) is 17.4 Å². The Morgan fingerprint density at radius 1 is 1.40 bits per heavy atom. The first-order valence-corrected chi connectivity index (χ1v) is 6.22. The zero-order valence-electron chi connectivity index (χ0n) is 9.19. The molecule has 0 spiro atoms. The monoisotopic (exact) mass is 223 g/mol. The van der Waals surface area contributed by atoms with Crippen molar-refractivity contribution in [3.05, 3.63) is 35.9 Å². The van der Waals surface area contributed by atoms with Crippen molar-refractivity contribution < 1.29 is 4.79 Å². The summed E-state index contributed by atoms with van der Waals surface area (Å²) in [6, 6.07) is 10.2. The van der Waals surface area contributed by atoms with Gasteiger partial charge in [0.25, 0.3) is 0 Å². The molecule has 0 saturated heterocycles. The molecule has 0 radical (unpaired) electrons. The molecule has 1 atom stereocenters. The van der Waals surface area contributed by atoms with E-state index in [9.17, 15) is 4.79 Å². The maximum Gasteiger partial charge on any atom is 0.232 e. The van der Waals surface area contributed by atoms with Crippen LogP contribution < -0.4 is 5.32 Å². The summed E-state index contributed by atoms with van der Waals surface area (Å²) in [6.45, 7) is 4.58. The second-order valence-corrected chi connectivity index (χ2v) is 4.66. The summed E-state index contributed by atoms with van der Waals surface area (Å²) in [7, 11) is 0. The Labute approximate surface area is 95.5 Å². The molecule has 1 N–H and O–H groups in total. The molecule has 1 amide bonds. The van der Waals surface area contributed by atoms with E-state index >= 15 is 0 Å². The average Bonchev–Trinajstić information content (AvgIpc) is 2.27. The molecule has 3 heteroatoms. The van der Waals surface area contributed by atoms with Crippen LogP contribution in [0.4, 0.5) is 0 Å². The van der Waals surface area contributed by atoms with Crippen LogP contribution in [0.25, 0.3) is 0 Å². The summed E-state index contributed by atoms with van der Waals surface area (Å²) in [5.41, 5.74) is 1.26. The fourth-order valence-electron chi connectivity index (χ4n) is 1.19. The molecule has 0 bridgehead atoms. The molecule has 0 aliphatic carbocycles. The maximum atomic E-state index is 11.4. The minimum Gasteiger partial charge on any atom is -0.355 e. The summed E-state index contributed by atoms with van der Waals surface area (Å²) in [4.78, 5) is 11.4. The van der Waals surface area contributed by atoms with E-state index in [0.29, 0.717) is 6.54 Å². The first-order valence-electron chi connectivity index (χ1n) is 5.17. The number of thioether (sulfide) groups is 1. The van der Waals surface area contributed by atoms with Gasteiger partial charge in [0.2, 0.25) is 5.91 Å². The summed E-state index contributed by atoms with van der Waals surface area (Å²) in [5.74, 6) is 1.01. The Morgan fingerprint density at radius 2 is 2.07 bits per heavy atom. The van der Waals surface area contributed by atoms with Gasteiger partial charge in [-0.15, -0.1) is 11.8 Å². The van der Waals surface area contributed by atoms with Gasteiger partial charge in [0.1, 0.15) is 0 Å². The maximum absolute atomic E-state index is 11.4. The molecule has 0 aromatic heterocycles. The highest BCUT2D eigenvalue weighted by Gasteiger charge is 2.11. The normalized spacial score (nSPS) is 12.1. The molecule has 1 unspecified atom stereocenters. The van der Waals surface area contributed by atoms with Crippen molar-refractivity contribution in [2.75, 3.05) is 6.54 Å². The van der Waals surface area contributed by atoms with E-state index < -0.39 is 0 Å². The Morgan fingerprint density at radius 3 is 2.67 bits per heavy atom. The molecule has 0 saturated carbocycles. The first kappa shape index (κ1) is 12.1. The lowest BCUT2D eigenvalue weighted by Gasteiger charge is -2.10. The van der Waals surface area contributed by atoms with Crippen LogP contribution in [0.1, 0.15) is 19.4 Å². The van der Waals surface area contributed by atoms with E-state index in [1.165, 1.54) is 5.56 Å². The smallest absolute Gasteiger partial charge is 0.232 e. The summed E-state index contributed by atoms with van der Waals surface area (Å²) < 4.78 is 0. The van der Waals surface area contributed by atoms with Crippen molar-refractivity contribution >= 4 is 17.7 Å². The van der Waals surface area contributed by atoms with Crippen molar-refractivity contribution in [2.24, 2.45) is 0 Å². The van der Waals surface area contributed by atoms with Gasteiger partial charge in [0, 0.05) is 12.3 Å². The molecule has 1 aromatic rings. The van der Waals surface area contributed by atoms with Crippen LogP contribution in [0.2, 0.25) is 0 Å². The summed E-state index contributed by atoms with van der Waals surface area (Å²) in [5, 5.41) is 2.84. The quantitative estimate of drug-likeness (QED) is 0.830. The van der Waals surface area contributed by atoms with E-state index in [4.69, 9.17) is 0 Å². The minimum atomic E-state index is 0.0187. The Hall–Kier alpha value is -0.960. The fraction of sp³-hybridized carbons (Fsp3) is 0.417. The molecule has 15 heavy (non-hydrogen) atoms. The summed E-state index contributed by atoms with van der Waals surface area (Å²) >= 11 is 1.67. The predicted octanol–water partition coefficient (Wildman–Crippen LogP) is 2.44. The van der Waals surface area contributed by atoms with E-state index in [1.807, 2.05) is 32.0 Å². The van der Waals surface area contributed by atoms with Crippen molar-refractivity contribution in [3.8, 4) is 0 Å². The molecule has 2 nitrogen and oxygen atoms in total. The topological polar surface area (TPSA) is 29.1 Å². The molecule has 1 aromatic carbocycles. The van der Waals surface area contributed by atoms with Crippen LogP contribution >= 0.6 is 11.8 Å². The van der Waals surface area contributed by atoms with Crippen LogP contribution in [-0.4, -0.2) is 17.7 Å². The van der Waals surface area contributed by atoms with Crippen molar-refractivity contribution in [1.82, 2.24) is 5.32 Å². The molecule has 0 heterocycles. The van der Waals surface area contributed by atoms with Gasteiger partial charge in [-0.2, -0.15) is 0 Å². The van der Waals surface area contributed by atoms with E-state index in [0.717, 1.165) is 5.75 Å². The van der Waals surface area contributed by atoms with Crippen LogP contribution in [-0.2, 0) is 10.5 Å². The third kappa shape index (κ3) is 4.38. The number of amides is 1.